The summed E-state index contributed by atoms with van der Waals surface area (Å²) in [5, 5.41) is 3.69. The van der Waals surface area contributed by atoms with Crippen LogP contribution in [0, 0.1) is 5.92 Å². The monoisotopic (exact) mass is 286 g/mol. The van der Waals surface area contributed by atoms with Gasteiger partial charge in [0.25, 0.3) is 0 Å². The topological polar surface area (TPSA) is 49.4 Å². The van der Waals surface area contributed by atoms with Crippen LogP contribution in [0.15, 0.2) is 0 Å². The van der Waals surface area contributed by atoms with Crippen LogP contribution >= 0.6 is 0 Å². The van der Waals surface area contributed by atoms with E-state index in [0.29, 0.717) is 11.5 Å². The van der Waals surface area contributed by atoms with Crippen molar-refractivity contribution in [3.8, 4) is 0 Å². The van der Waals surface area contributed by atoms with E-state index < -0.39 is 9.84 Å². The molecule has 3 aliphatic rings. The zero-order chi connectivity index (χ0) is 13.3. The van der Waals surface area contributed by atoms with Gasteiger partial charge in [0, 0.05) is 18.6 Å². The first-order valence-electron chi connectivity index (χ1n) is 7.79. The standard InChI is InChI=1S/C14H26N2O2S/c17-19(18)8-1-5-16(7-9-19)6-4-12-10-13-2-3-14(11-12)15-13/h12-15H,1-11H2. The van der Waals surface area contributed by atoms with E-state index in [9.17, 15) is 8.42 Å². The van der Waals surface area contributed by atoms with Crippen molar-refractivity contribution < 1.29 is 8.42 Å². The SMILES string of the molecule is O=S1(=O)CCCN(CCC2CC3CCC(C2)N3)CC1. The van der Waals surface area contributed by atoms with Crippen molar-refractivity contribution in [2.45, 2.75) is 50.6 Å². The molecule has 0 aromatic rings. The van der Waals surface area contributed by atoms with Gasteiger partial charge >= 0.3 is 0 Å². The minimum absolute atomic E-state index is 0.366. The lowest BCUT2D eigenvalue weighted by atomic mass is 9.89. The van der Waals surface area contributed by atoms with Gasteiger partial charge in [0.2, 0.25) is 0 Å². The molecule has 4 nitrogen and oxygen atoms in total. The van der Waals surface area contributed by atoms with E-state index in [1.165, 1.54) is 32.1 Å². The molecule has 3 rings (SSSR count). The molecule has 1 N–H and O–H groups in total. The third kappa shape index (κ3) is 3.70. The van der Waals surface area contributed by atoms with Gasteiger partial charge in [0.05, 0.1) is 11.5 Å². The van der Waals surface area contributed by atoms with Gasteiger partial charge in [-0.25, -0.2) is 8.42 Å². The Labute approximate surface area is 116 Å². The highest BCUT2D eigenvalue weighted by Crippen LogP contribution is 2.32. The fourth-order valence-corrected chi connectivity index (χ4v) is 5.30. The molecule has 0 spiro atoms. The molecule has 19 heavy (non-hydrogen) atoms. The predicted molar refractivity (Wildman–Crippen MR) is 77.0 cm³/mol. The van der Waals surface area contributed by atoms with Crippen LogP contribution in [0.1, 0.15) is 38.5 Å². The average molecular weight is 286 g/mol. The Morgan fingerprint density at radius 1 is 1.05 bits per heavy atom. The molecule has 0 radical (unpaired) electrons. The van der Waals surface area contributed by atoms with Crippen LogP contribution in [-0.4, -0.2) is 56.5 Å². The van der Waals surface area contributed by atoms with E-state index in [0.717, 1.165) is 44.1 Å². The van der Waals surface area contributed by atoms with Crippen molar-refractivity contribution in [3.05, 3.63) is 0 Å². The van der Waals surface area contributed by atoms with E-state index in [1.54, 1.807) is 0 Å². The Morgan fingerprint density at radius 2 is 1.79 bits per heavy atom. The Bertz CT molecular complexity index is 398. The van der Waals surface area contributed by atoms with Crippen LogP contribution in [0.4, 0.5) is 0 Å². The van der Waals surface area contributed by atoms with Crippen LogP contribution in [0.2, 0.25) is 0 Å². The summed E-state index contributed by atoms with van der Waals surface area (Å²) >= 11 is 0. The highest BCUT2D eigenvalue weighted by Gasteiger charge is 2.33. The van der Waals surface area contributed by atoms with Crippen molar-refractivity contribution in [1.82, 2.24) is 10.2 Å². The van der Waals surface area contributed by atoms with Gasteiger partial charge in [-0.3, -0.25) is 0 Å². The number of rotatable bonds is 3. The van der Waals surface area contributed by atoms with Gasteiger partial charge in [-0.15, -0.1) is 0 Å². The van der Waals surface area contributed by atoms with E-state index in [1.807, 2.05) is 0 Å². The van der Waals surface area contributed by atoms with E-state index in [-0.39, 0.29) is 0 Å². The third-order valence-electron chi connectivity index (χ3n) is 5.07. The number of nitrogens with zero attached hydrogens (tertiary/aromatic N) is 1. The summed E-state index contributed by atoms with van der Waals surface area (Å²) in [4.78, 5) is 2.37. The van der Waals surface area contributed by atoms with Gasteiger partial charge in [-0.2, -0.15) is 0 Å². The average Bonchev–Trinajstić information content (AvgIpc) is 2.60. The van der Waals surface area contributed by atoms with Crippen LogP contribution < -0.4 is 5.32 Å². The first-order valence-corrected chi connectivity index (χ1v) is 9.62. The largest absolute Gasteiger partial charge is 0.311 e. The van der Waals surface area contributed by atoms with Crippen molar-refractivity contribution in [2.24, 2.45) is 5.92 Å². The van der Waals surface area contributed by atoms with Gasteiger partial charge in [-0.1, -0.05) is 0 Å². The van der Waals surface area contributed by atoms with Gasteiger partial charge in [-0.05, 0) is 57.5 Å². The summed E-state index contributed by atoms with van der Waals surface area (Å²) in [5.41, 5.74) is 0. The summed E-state index contributed by atoms with van der Waals surface area (Å²) in [5.74, 6) is 1.62. The molecule has 110 valence electrons. The van der Waals surface area contributed by atoms with Crippen molar-refractivity contribution in [3.63, 3.8) is 0 Å². The number of piperidine rings is 1. The minimum Gasteiger partial charge on any atom is -0.311 e. The van der Waals surface area contributed by atoms with Crippen molar-refractivity contribution in [1.29, 1.82) is 0 Å². The summed E-state index contributed by atoms with van der Waals surface area (Å²) in [6.07, 6.45) is 7.48. The smallest absolute Gasteiger partial charge is 0.151 e. The highest BCUT2D eigenvalue weighted by atomic mass is 32.2. The molecule has 0 aromatic carbocycles. The molecule has 3 saturated heterocycles. The number of hydrogen-bond acceptors (Lipinski definition) is 4. The normalized spacial score (nSPS) is 39.1. The first-order chi connectivity index (χ1) is 9.11. The molecule has 3 heterocycles. The number of hydrogen-bond donors (Lipinski definition) is 1. The molecule has 0 aromatic heterocycles. The van der Waals surface area contributed by atoms with Crippen LogP contribution in [0.3, 0.4) is 0 Å². The maximum Gasteiger partial charge on any atom is 0.151 e. The molecule has 0 amide bonds. The quantitative estimate of drug-likeness (QED) is 0.842. The lowest BCUT2D eigenvalue weighted by molar-refractivity contribution is 0.227. The second-order valence-electron chi connectivity index (χ2n) is 6.61. The molecule has 2 bridgehead atoms. The highest BCUT2D eigenvalue weighted by molar-refractivity contribution is 7.91. The van der Waals surface area contributed by atoms with E-state index in [4.69, 9.17) is 0 Å². The number of fused-ring (bicyclic) bond motifs is 2. The molecule has 5 heteroatoms. The van der Waals surface area contributed by atoms with Crippen molar-refractivity contribution in [2.75, 3.05) is 31.1 Å². The maximum atomic E-state index is 11.6. The molecular formula is C14H26N2O2S. The van der Waals surface area contributed by atoms with Crippen LogP contribution in [0.5, 0.6) is 0 Å². The van der Waals surface area contributed by atoms with Gasteiger partial charge in [0.1, 0.15) is 0 Å². The third-order valence-corrected chi connectivity index (χ3v) is 6.79. The minimum atomic E-state index is -2.75. The summed E-state index contributed by atoms with van der Waals surface area (Å²) in [6, 6.07) is 1.54. The summed E-state index contributed by atoms with van der Waals surface area (Å²) in [7, 11) is -2.75. The Kier molecular flexibility index (Phi) is 4.15. The number of nitrogens with one attached hydrogen (secondary N) is 1. The van der Waals surface area contributed by atoms with Gasteiger partial charge in [0.15, 0.2) is 9.84 Å². The maximum absolute atomic E-state index is 11.6. The summed E-state index contributed by atoms with van der Waals surface area (Å²) < 4.78 is 23.2. The lowest BCUT2D eigenvalue weighted by Crippen LogP contribution is -2.39. The Hall–Kier alpha value is -0.130. The zero-order valence-corrected chi connectivity index (χ0v) is 12.5. The Balaban J connectivity index is 1.44. The zero-order valence-electron chi connectivity index (χ0n) is 11.7. The lowest BCUT2D eigenvalue weighted by Gasteiger charge is -2.30. The second kappa shape index (κ2) is 5.70. The van der Waals surface area contributed by atoms with Gasteiger partial charge < -0.3 is 10.2 Å². The fourth-order valence-electron chi connectivity index (χ4n) is 3.99. The fraction of sp³-hybridized carbons (Fsp3) is 1.00. The predicted octanol–water partition coefficient (Wildman–Crippen LogP) is 1.03. The van der Waals surface area contributed by atoms with Crippen LogP contribution in [-0.2, 0) is 9.84 Å². The first kappa shape index (κ1) is 13.8. The van der Waals surface area contributed by atoms with Crippen LogP contribution in [0.25, 0.3) is 0 Å². The molecule has 3 aliphatic heterocycles. The molecule has 2 unspecified atom stereocenters. The van der Waals surface area contributed by atoms with Crippen molar-refractivity contribution >= 4 is 9.84 Å². The molecule has 0 saturated carbocycles. The summed E-state index contributed by atoms with van der Waals surface area (Å²) in [6.45, 7) is 2.82. The molecule has 2 atom stereocenters. The van der Waals surface area contributed by atoms with E-state index in [2.05, 4.69) is 10.2 Å². The Morgan fingerprint density at radius 3 is 2.53 bits per heavy atom. The molecular weight excluding hydrogens is 260 g/mol. The molecule has 0 aliphatic carbocycles. The molecule has 3 fully saturated rings. The van der Waals surface area contributed by atoms with E-state index >= 15 is 0 Å². The second-order valence-corrected chi connectivity index (χ2v) is 8.91. The number of sulfone groups is 1.